The van der Waals surface area contributed by atoms with E-state index in [0.717, 1.165) is 25.7 Å². The van der Waals surface area contributed by atoms with Gasteiger partial charge in [-0.3, -0.25) is 4.79 Å². The number of rotatable bonds is 3. The molecule has 1 saturated carbocycles. The van der Waals surface area contributed by atoms with Gasteiger partial charge >= 0.3 is 0 Å². The van der Waals surface area contributed by atoms with Crippen LogP contribution in [0.2, 0.25) is 5.02 Å². The Morgan fingerprint density at radius 1 is 1.47 bits per heavy atom. The van der Waals surface area contributed by atoms with E-state index >= 15 is 0 Å². The predicted molar refractivity (Wildman–Crippen MR) is 69.6 cm³/mol. The second-order valence-corrected chi connectivity index (χ2v) is 5.81. The molecule has 0 spiro atoms. The smallest absolute Gasteiger partial charge is 0.262 e. The third-order valence-corrected chi connectivity index (χ3v) is 4.53. The summed E-state index contributed by atoms with van der Waals surface area (Å²) in [6, 6.07) is 1.73. The van der Waals surface area contributed by atoms with Gasteiger partial charge in [0.2, 0.25) is 0 Å². The number of aliphatic hydroxyl groups is 1. The van der Waals surface area contributed by atoms with Crippen LogP contribution < -0.4 is 5.32 Å². The quantitative estimate of drug-likeness (QED) is 0.890. The van der Waals surface area contributed by atoms with E-state index in [2.05, 4.69) is 5.32 Å². The predicted octanol–water partition coefficient (Wildman–Crippen LogP) is 2.68. The maximum Gasteiger partial charge on any atom is 0.262 e. The normalized spacial score (nSPS) is 24.6. The van der Waals surface area contributed by atoms with Crippen molar-refractivity contribution in [2.75, 3.05) is 6.54 Å². The van der Waals surface area contributed by atoms with E-state index in [9.17, 15) is 9.90 Å². The van der Waals surface area contributed by atoms with Crippen LogP contribution in [0.3, 0.4) is 0 Å². The molecular formula is C12H16ClNO2S. The zero-order chi connectivity index (χ0) is 12.3. The number of thiophene rings is 1. The van der Waals surface area contributed by atoms with E-state index in [-0.39, 0.29) is 12.0 Å². The minimum absolute atomic E-state index is 0.0869. The summed E-state index contributed by atoms with van der Waals surface area (Å²) in [6.45, 7) is 0.680. The molecule has 0 unspecified atom stereocenters. The molecule has 1 aromatic rings. The second-order valence-electron chi connectivity index (χ2n) is 4.48. The van der Waals surface area contributed by atoms with Crippen molar-refractivity contribution in [3.8, 4) is 0 Å². The minimum Gasteiger partial charge on any atom is -0.393 e. The number of carbonyl (C=O) groups excluding carboxylic acids is 1. The number of hydrogen-bond acceptors (Lipinski definition) is 3. The van der Waals surface area contributed by atoms with Gasteiger partial charge in [-0.1, -0.05) is 11.6 Å². The first-order chi connectivity index (χ1) is 8.16. The molecule has 1 aliphatic carbocycles. The van der Waals surface area contributed by atoms with Crippen molar-refractivity contribution in [1.29, 1.82) is 0 Å². The van der Waals surface area contributed by atoms with E-state index in [4.69, 9.17) is 11.6 Å². The van der Waals surface area contributed by atoms with Crippen LogP contribution in [0.15, 0.2) is 11.4 Å². The Morgan fingerprint density at radius 2 is 2.18 bits per heavy atom. The third kappa shape index (κ3) is 3.44. The van der Waals surface area contributed by atoms with E-state index < -0.39 is 0 Å². The first kappa shape index (κ1) is 12.9. The molecule has 0 saturated heterocycles. The van der Waals surface area contributed by atoms with Gasteiger partial charge in [0.05, 0.1) is 11.1 Å². The highest BCUT2D eigenvalue weighted by Crippen LogP contribution is 2.24. The minimum atomic E-state index is -0.145. The molecule has 2 rings (SSSR count). The summed E-state index contributed by atoms with van der Waals surface area (Å²) in [7, 11) is 0. The maximum absolute atomic E-state index is 11.8. The molecule has 1 heterocycles. The average molecular weight is 274 g/mol. The summed E-state index contributed by atoms with van der Waals surface area (Å²) < 4.78 is 0. The summed E-state index contributed by atoms with van der Waals surface area (Å²) in [6.07, 6.45) is 3.52. The molecule has 1 aromatic heterocycles. The van der Waals surface area contributed by atoms with Gasteiger partial charge in [0.15, 0.2) is 0 Å². The topological polar surface area (TPSA) is 49.3 Å². The standard InChI is InChI=1S/C12H16ClNO2S/c13-10-5-6-17-11(10)12(16)14-7-8-1-3-9(15)4-2-8/h5-6,8-9,15H,1-4,7H2,(H,14,16). The first-order valence-corrected chi connectivity index (χ1v) is 7.12. The van der Waals surface area contributed by atoms with E-state index in [0.29, 0.717) is 22.4 Å². The van der Waals surface area contributed by atoms with E-state index in [1.807, 2.05) is 5.38 Å². The molecule has 0 bridgehead atoms. The maximum atomic E-state index is 11.8. The van der Waals surface area contributed by atoms with Gasteiger partial charge in [-0.25, -0.2) is 0 Å². The Balaban J connectivity index is 1.79. The zero-order valence-corrected chi connectivity index (χ0v) is 11.1. The molecule has 2 N–H and O–H groups in total. The molecule has 1 amide bonds. The number of aliphatic hydroxyl groups excluding tert-OH is 1. The molecule has 0 aliphatic heterocycles. The Labute approximate surface area is 110 Å². The van der Waals surface area contributed by atoms with Crippen molar-refractivity contribution in [3.63, 3.8) is 0 Å². The lowest BCUT2D eigenvalue weighted by atomic mass is 9.87. The largest absolute Gasteiger partial charge is 0.393 e. The molecule has 0 atom stereocenters. The average Bonchev–Trinajstić information content (AvgIpc) is 2.74. The van der Waals surface area contributed by atoms with Crippen molar-refractivity contribution in [1.82, 2.24) is 5.32 Å². The SMILES string of the molecule is O=C(NCC1CCC(O)CC1)c1sccc1Cl. The van der Waals surface area contributed by atoms with Crippen LogP contribution in [0.1, 0.15) is 35.4 Å². The number of hydrogen-bond donors (Lipinski definition) is 2. The van der Waals surface area contributed by atoms with E-state index in [1.165, 1.54) is 11.3 Å². The first-order valence-electron chi connectivity index (χ1n) is 5.86. The van der Waals surface area contributed by atoms with Crippen LogP contribution in [0.25, 0.3) is 0 Å². The molecule has 1 aliphatic rings. The van der Waals surface area contributed by atoms with Gasteiger partial charge in [-0.15, -0.1) is 11.3 Å². The van der Waals surface area contributed by atoms with Crippen LogP contribution in [0.4, 0.5) is 0 Å². The van der Waals surface area contributed by atoms with Crippen LogP contribution in [0.5, 0.6) is 0 Å². The van der Waals surface area contributed by atoms with Crippen LogP contribution in [-0.4, -0.2) is 23.7 Å². The van der Waals surface area contributed by atoms with Crippen molar-refractivity contribution < 1.29 is 9.90 Å². The highest BCUT2D eigenvalue weighted by Gasteiger charge is 2.20. The van der Waals surface area contributed by atoms with E-state index in [1.54, 1.807) is 6.07 Å². The highest BCUT2D eigenvalue weighted by molar-refractivity contribution is 7.12. The summed E-state index contributed by atoms with van der Waals surface area (Å²) in [4.78, 5) is 12.4. The van der Waals surface area contributed by atoms with Crippen molar-refractivity contribution >= 4 is 28.8 Å². The monoisotopic (exact) mass is 273 g/mol. The summed E-state index contributed by atoms with van der Waals surface area (Å²) >= 11 is 7.25. The van der Waals surface area contributed by atoms with Gasteiger partial charge in [0.1, 0.15) is 4.88 Å². The molecule has 1 fully saturated rings. The number of amides is 1. The lowest BCUT2D eigenvalue weighted by Gasteiger charge is -2.25. The molecule has 0 radical (unpaired) electrons. The fraction of sp³-hybridized carbons (Fsp3) is 0.583. The molecule has 5 heteroatoms. The third-order valence-electron chi connectivity index (χ3n) is 3.19. The number of nitrogens with one attached hydrogen (secondary N) is 1. The Hall–Kier alpha value is -0.580. The van der Waals surface area contributed by atoms with Crippen molar-refractivity contribution in [2.24, 2.45) is 5.92 Å². The molecule has 17 heavy (non-hydrogen) atoms. The zero-order valence-electron chi connectivity index (χ0n) is 9.49. The van der Waals surface area contributed by atoms with Crippen LogP contribution in [0, 0.1) is 5.92 Å². The van der Waals surface area contributed by atoms with Gasteiger partial charge in [-0.05, 0) is 43.0 Å². The van der Waals surface area contributed by atoms with Crippen LogP contribution >= 0.6 is 22.9 Å². The Bertz CT molecular complexity index is 386. The molecular weight excluding hydrogens is 258 g/mol. The van der Waals surface area contributed by atoms with Gasteiger partial charge in [0, 0.05) is 6.54 Å². The second kappa shape index (κ2) is 5.85. The summed E-state index contributed by atoms with van der Waals surface area (Å²) in [5, 5.41) is 14.6. The van der Waals surface area contributed by atoms with Crippen LogP contribution in [-0.2, 0) is 0 Å². The van der Waals surface area contributed by atoms with Gasteiger partial charge in [-0.2, -0.15) is 0 Å². The summed E-state index contributed by atoms with van der Waals surface area (Å²) in [5.74, 6) is 0.400. The fourth-order valence-corrected chi connectivity index (χ4v) is 3.18. The summed E-state index contributed by atoms with van der Waals surface area (Å²) in [5.41, 5.74) is 0. The fourth-order valence-electron chi connectivity index (χ4n) is 2.12. The molecule has 94 valence electrons. The Morgan fingerprint density at radius 3 is 2.76 bits per heavy atom. The number of halogens is 1. The van der Waals surface area contributed by atoms with Crippen molar-refractivity contribution in [3.05, 3.63) is 21.3 Å². The number of carbonyl (C=O) groups is 1. The van der Waals surface area contributed by atoms with Gasteiger partial charge < -0.3 is 10.4 Å². The molecule has 0 aromatic carbocycles. The highest BCUT2D eigenvalue weighted by atomic mass is 35.5. The lowest BCUT2D eigenvalue weighted by molar-refractivity contribution is 0.0914. The van der Waals surface area contributed by atoms with Gasteiger partial charge in [0.25, 0.3) is 5.91 Å². The van der Waals surface area contributed by atoms with Crippen molar-refractivity contribution in [2.45, 2.75) is 31.8 Å². The lowest BCUT2D eigenvalue weighted by Crippen LogP contribution is -2.31. The Kier molecular flexibility index (Phi) is 4.42. The molecule has 3 nitrogen and oxygen atoms in total.